The molecule has 12 nitrogen and oxygen atoms in total. The summed E-state index contributed by atoms with van der Waals surface area (Å²) in [4.78, 5) is 56.9. The van der Waals surface area contributed by atoms with Crippen LogP contribution in [0.3, 0.4) is 0 Å². The number of benzene rings is 1. The third kappa shape index (κ3) is 7.40. The van der Waals surface area contributed by atoms with Gasteiger partial charge in [0.05, 0.1) is 11.5 Å². The maximum Gasteiger partial charge on any atom is 0.243 e. The van der Waals surface area contributed by atoms with Gasteiger partial charge in [0.1, 0.15) is 29.9 Å². The Morgan fingerprint density at radius 3 is 2.38 bits per heavy atom. The highest BCUT2D eigenvalue weighted by molar-refractivity contribution is 7.15. The van der Waals surface area contributed by atoms with Gasteiger partial charge in [-0.05, 0) is 44.4 Å². The Balaban J connectivity index is 1.52. The molecule has 200 valence electrons. The van der Waals surface area contributed by atoms with E-state index in [2.05, 4.69) is 20.9 Å². The quantitative estimate of drug-likeness (QED) is 0.224. The van der Waals surface area contributed by atoms with Gasteiger partial charge in [0, 0.05) is 19.2 Å². The summed E-state index contributed by atoms with van der Waals surface area (Å²) in [6.07, 6.45) is 3.08. The molecule has 1 aromatic heterocycles. The topological polar surface area (TPSA) is 187 Å². The smallest absolute Gasteiger partial charge is 0.243 e. The number of amides is 4. The van der Waals surface area contributed by atoms with Crippen molar-refractivity contribution >= 4 is 40.1 Å². The number of aliphatic hydroxyl groups is 1. The largest absolute Gasteiger partial charge is 0.508 e. The van der Waals surface area contributed by atoms with E-state index < -0.39 is 41.9 Å². The van der Waals surface area contributed by atoms with E-state index >= 15 is 0 Å². The second-order valence-corrected chi connectivity index (χ2v) is 10.0. The van der Waals surface area contributed by atoms with Crippen molar-refractivity contribution in [3.8, 4) is 5.75 Å². The molecule has 3 rings (SSSR count). The molecule has 7 N–H and O–H groups in total. The van der Waals surface area contributed by atoms with Crippen molar-refractivity contribution in [3.05, 3.63) is 40.9 Å². The second-order valence-electron chi connectivity index (χ2n) is 8.91. The number of aromatic hydroxyl groups is 1. The van der Waals surface area contributed by atoms with E-state index in [1.807, 2.05) is 4.90 Å². The van der Waals surface area contributed by atoms with Crippen LogP contribution in [0.25, 0.3) is 0 Å². The van der Waals surface area contributed by atoms with E-state index in [4.69, 9.17) is 5.73 Å². The summed E-state index contributed by atoms with van der Waals surface area (Å²) in [5.41, 5.74) is 6.11. The average Bonchev–Trinajstić information content (AvgIpc) is 3.54. The molecule has 0 saturated carbocycles. The van der Waals surface area contributed by atoms with Gasteiger partial charge in [0.2, 0.25) is 23.6 Å². The number of aliphatic hydroxyl groups excluding tert-OH is 1. The highest BCUT2D eigenvalue weighted by Gasteiger charge is 2.34. The van der Waals surface area contributed by atoms with Crippen molar-refractivity contribution in [1.29, 1.82) is 0 Å². The van der Waals surface area contributed by atoms with Crippen molar-refractivity contribution in [2.24, 2.45) is 5.73 Å². The lowest BCUT2D eigenvalue weighted by Crippen LogP contribution is -2.56. The van der Waals surface area contributed by atoms with Crippen molar-refractivity contribution in [3.63, 3.8) is 0 Å². The number of anilines is 1. The summed E-state index contributed by atoms with van der Waals surface area (Å²) in [7, 11) is 0. The van der Waals surface area contributed by atoms with E-state index in [1.165, 1.54) is 37.3 Å². The molecule has 37 heavy (non-hydrogen) atoms. The first-order valence-electron chi connectivity index (χ1n) is 11.9. The summed E-state index contributed by atoms with van der Waals surface area (Å²) in [5, 5.41) is 27.1. The minimum absolute atomic E-state index is 0.0700. The van der Waals surface area contributed by atoms with E-state index in [0.717, 1.165) is 6.42 Å². The van der Waals surface area contributed by atoms with Crippen LogP contribution in [0.4, 0.5) is 5.13 Å². The van der Waals surface area contributed by atoms with Gasteiger partial charge < -0.3 is 36.8 Å². The Kier molecular flexibility index (Phi) is 9.42. The molecule has 1 aliphatic heterocycles. The summed E-state index contributed by atoms with van der Waals surface area (Å²) in [5.74, 6) is -2.18. The molecular weight excluding hydrogens is 500 g/mol. The van der Waals surface area contributed by atoms with Crippen LogP contribution >= 0.6 is 11.3 Å². The highest BCUT2D eigenvalue weighted by atomic mass is 32.1. The molecule has 4 atom stereocenters. The predicted molar refractivity (Wildman–Crippen MR) is 137 cm³/mol. The number of rotatable bonds is 11. The number of nitrogens with two attached hydrogens (primary N) is 1. The normalized spacial score (nSPS) is 17.5. The minimum atomic E-state index is -1.01. The SMILES string of the molecule is CC(NC(=O)C(C)NC(=O)C1CCCN1c1ncc(CO)s1)C(=O)NC(Cc1ccc(O)cc1)C(N)=O. The maximum absolute atomic E-state index is 12.9. The zero-order valence-electron chi connectivity index (χ0n) is 20.6. The summed E-state index contributed by atoms with van der Waals surface area (Å²) in [6, 6.07) is 2.71. The number of thiazole rings is 1. The van der Waals surface area contributed by atoms with E-state index in [1.54, 1.807) is 18.3 Å². The van der Waals surface area contributed by atoms with E-state index in [0.29, 0.717) is 28.5 Å². The van der Waals surface area contributed by atoms with Gasteiger partial charge >= 0.3 is 0 Å². The lowest BCUT2D eigenvalue weighted by molar-refractivity contribution is -0.132. The summed E-state index contributed by atoms with van der Waals surface area (Å²) < 4.78 is 0. The first-order chi connectivity index (χ1) is 17.6. The molecule has 0 spiro atoms. The van der Waals surface area contributed by atoms with Gasteiger partial charge in [-0.1, -0.05) is 23.5 Å². The lowest BCUT2D eigenvalue weighted by atomic mass is 10.0. The second kappa shape index (κ2) is 12.5. The number of carbonyl (C=O) groups is 4. The van der Waals surface area contributed by atoms with Gasteiger partial charge in [0.25, 0.3) is 0 Å². The fraction of sp³-hybridized carbons (Fsp3) is 0.458. The van der Waals surface area contributed by atoms with Crippen molar-refractivity contribution in [1.82, 2.24) is 20.9 Å². The van der Waals surface area contributed by atoms with Crippen LogP contribution in [-0.2, 0) is 32.2 Å². The molecule has 0 bridgehead atoms. The Bertz CT molecular complexity index is 1120. The molecular formula is C24H32N6O6S. The van der Waals surface area contributed by atoms with Crippen molar-refractivity contribution < 1.29 is 29.4 Å². The van der Waals surface area contributed by atoms with E-state index in [-0.39, 0.29) is 24.7 Å². The van der Waals surface area contributed by atoms with Gasteiger partial charge in [0.15, 0.2) is 5.13 Å². The molecule has 1 aromatic carbocycles. The monoisotopic (exact) mass is 532 g/mol. The van der Waals surface area contributed by atoms with Crippen LogP contribution < -0.4 is 26.6 Å². The number of hydrogen-bond acceptors (Lipinski definition) is 9. The van der Waals surface area contributed by atoms with Crippen LogP contribution in [0.5, 0.6) is 5.75 Å². The van der Waals surface area contributed by atoms with Crippen molar-refractivity contribution in [2.45, 2.75) is 63.9 Å². The Labute approximate surface area is 218 Å². The molecule has 4 amide bonds. The Morgan fingerprint density at radius 1 is 1.11 bits per heavy atom. The number of carbonyl (C=O) groups excluding carboxylic acids is 4. The van der Waals surface area contributed by atoms with Gasteiger partial charge in [-0.2, -0.15) is 0 Å². The van der Waals surface area contributed by atoms with Crippen LogP contribution in [0, 0.1) is 0 Å². The molecule has 4 unspecified atom stereocenters. The standard InChI is InChI=1S/C24H32N6O6S/c1-13(28-23(36)19-4-3-9-30(19)24-26-11-17(12-31)37-24)21(34)27-14(2)22(35)29-18(20(25)33)10-15-5-7-16(32)8-6-15/h5-8,11,13-14,18-19,31-32H,3-4,9-10,12H2,1-2H3,(H2,25,33)(H,27,34)(H,28,36)(H,29,35). The predicted octanol–water partition coefficient (Wildman–Crippen LogP) is -0.468. The molecule has 2 heterocycles. The molecule has 1 saturated heterocycles. The van der Waals surface area contributed by atoms with Gasteiger partial charge in [-0.3, -0.25) is 19.2 Å². The van der Waals surface area contributed by atoms with Gasteiger partial charge in [-0.15, -0.1) is 0 Å². The molecule has 2 aromatic rings. The van der Waals surface area contributed by atoms with Crippen LogP contribution in [0.1, 0.15) is 37.1 Å². The zero-order valence-corrected chi connectivity index (χ0v) is 21.5. The summed E-state index contributed by atoms with van der Waals surface area (Å²) >= 11 is 1.31. The number of nitrogens with zero attached hydrogens (tertiary/aromatic N) is 2. The molecule has 0 aliphatic carbocycles. The first-order valence-corrected chi connectivity index (χ1v) is 12.7. The molecule has 0 radical (unpaired) electrons. The zero-order chi connectivity index (χ0) is 27.1. The molecule has 1 fully saturated rings. The number of phenols is 1. The maximum atomic E-state index is 12.9. The number of hydrogen-bond donors (Lipinski definition) is 6. The third-order valence-corrected chi connectivity index (χ3v) is 7.06. The first kappa shape index (κ1) is 27.9. The van der Waals surface area contributed by atoms with E-state index in [9.17, 15) is 29.4 Å². The van der Waals surface area contributed by atoms with Gasteiger partial charge in [-0.25, -0.2) is 4.98 Å². The Hall–Kier alpha value is -3.71. The average molecular weight is 533 g/mol. The highest BCUT2D eigenvalue weighted by Crippen LogP contribution is 2.29. The molecule has 1 aliphatic rings. The number of aromatic nitrogens is 1. The summed E-state index contributed by atoms with van der Waals surface area (Å²) in [6.45, 7) is 3.49. The molecule has 13 heteroatoms. The van der Waals surface area contributed by atoms with Crippen LogP contribution in [-0.4, -0.2) is 69.5 Å². The Morgan fingerprint density at radius 2 is 1.76 bits per heavy atom. The fourth-order valence-corrected chi connectivity index (χ4v) is 4.78. The number of nitrogens with one attached hydrogen (secondary N) is 3. The number of primary amides is 1. The van der Waals surface area contributed by atoms with Crippen molar-refractivity contribution in [2.75, 3.05) is 11.4 Å². The van der Waals surface area contributed by atoms with Crippen LogP contribution in [0.2, 0.25) is 0 Å². The lowest BCUT2D eigenvalue weighted by Gasteiger charge is -2.25. The number of phenolic OH excluding ortho intramolecular Hbond substituents is 1. The van der Waals surface area contributed by atoms with Crippen LogP contribution in [0.15, 0.2) is 30.5 Å². The fourth-order valence-electron chi connectivity index (χ4n) is 3.94. The minimum Gasteiger partial charge on any atom is -0.508 e. The third-order valence-electron chi connectivity index (χ3n) is 6.04.